The summed E-state index contributed by atoms with van der Waals surface area (Å²) in [5, 5.41) is 4.93. The van der Waals surface area contributed by atoms with Crippen LogP contribution in [0.4, 0.5) is 0 Å². The van der Waals surface area contributed by atoms with E-state index >= 15 is 0 Å². The molecular weight excluding hydrogens is 667 g/mol. The highest BCUT2D eigenvalue weighted by molar-refractivity contribution is 6.20. The van der Waals surface area contributed by atoms with Crippen LogP contribution in [-0.4, -0.2) is 17.0 Å². The fourth-order valence-corrected chi connectivity index (χ4v) is 8.29. The van der Waals surface area contributed by atoms with E-state index in [0.717, 1.165) is 34.7 Å². The van der Waals surface area contributed by atoms with Crippen LogP contribution >= 0.6 is 0 Å². The quantitative estimate of drug-likeness (QED) is 0.148. The van der Waals surface area contributed by atoms with Gasteiger partial charge in [0.25, 0.3) is 0 Å². The van der Waals surface area contributed by atoms with Gasteiger partial charge in [-0.15, -0.1) is 0 Å². The first kappa shape index (κ1) is 32.5. The van der Waals surface area contributed by atoms with Crippen molar-refractivity contribution in [1.29, 1.82) is 0 Å². The summed E-state index contributed by atoms with van der Waals surface area (Å²) in [6.07, 6.45) is 0.753. The minimum absolute atomic E-state index is 0.607. The van der Waals surface area contributed by atoms with E-state index in [0.29, 0.717) is 6.54 Å². The van der Waals surface area contributed by atoms with E-state index in [9.17, 15) is 0 Å². The highest BCUT2D eigenvalue weighted by atomic mass is 15.0. The Labute approximate surface area is 320 Å². The second-order valence-electron chi connectivity index (χ2n) is 14.2. The number of fused-ring (bicyclic) bond motifs is 5. The molecule has 1 aromatic heterocycles. The molecule has 1 aliphatic carbocycles. The Morgan fingerprint density at radius 2 is 1.16 bits per heavy atom. The van der Waals surface area contributed by atoms with Gasteiger partial charge in [0.05, 0.1) is 29.0 Å². The second kappa shape index (κ2) is 13.7. The van der Waals surface area contributed by atoms with Gasteiger partial charge in [0.2, 0.25) is 0 Å². The fourth-order valence-electron chi connectivity index (χ4n) is 8.29. The summed E-state index contributed by atoms with van der Waals surface area (Å²) in [6.45, 7) is 4.60. The van der Waals surface area contributed by atoms with E-state index < -0.39 is 0 Å². The number of allylic oxidation sites excluding steroid dienone is 1. The summed E-state index contributed by atoms with van der Waals surface area (Å²) in [5.41, 5.74) is 16.1. The first-order chi connectivity index (χ1) is 27.2. The summed E-state index contributed by atoms with van der Waals surface area (Å²) < 4.78 is 2.40. The molecular formula is C52H37N3. The molecule has 260 valence electrons. The van der Waals surface area contributed by atoms with Gasteiger partial charge >= 0.3 is 0 Å². The van der Waals surface area contributed by atoms with E-state index in [1.54, 1.807) is 0 Å². The van der Waals surface area contributed by atoms with Crippen molar-refractivity contribution in [2.45, 2.75) is 13.0 Å². The zero-order chi connectivity index (χ0) is 36.7. The maximum atomic E-state index is 5.21. The lowest BCUT2D eigenvalue weighted by molar-refractivity contribution is 1.07. The molecule has 0 bridgehead atoms. The summed E-state index contributed by atoms with van der Waals surface area (Å²) in [6, 6.07) is 67.4. The van der Waals surface area contributed by atoms with Crippen LogP contribution in [0.25, 0.3) is 66.2 Å². The van der Waals surface area contributed by atoms with Crippen molar-refractivity contribution in [3.8, 4) is 27.9 Å². The Kier molecular flexibility index (Phi) is 8.11. The number of nitrogens with zero attached hydrogens (tertiary/aromatic N) is 3. The van der Waals surface area contributed by atoms with E-state index in [4.69, 9.17) is 4.99 Å². The molecule has 0 saturated carbocycles. The van der Waals surface area contributed by atoms with Gasteiger partial charge in [0, 0.05) is 39.6 Å². The number of rotatable bonds is 7. The maximum absolute atomic E-state index is 5.21. The van der Waals surface area contributed by atoms with Crippen molar-refractivity contribution in [1.82, 2.24) is 4.57 Å². The lowest BCUT2D eigenvalue weighted by atomic mass is 9.97. The number of hydrogen-bond acceptors (Lipinski definition) is 2. The van der Waals surface area contributed by atoms with Crippen molar-refractivity contribution in [3.63, 3.8) is 0 Å². The third kappa shape index (κ3) is 5.87. The van der Waals surface area contributed by atoms with Crippen LogP contribution in [-0.2, 0) is 13.0 Å². The summed E-state index contributed by atoms with van der Waals surface area (Å²) in [5.74, 6) is 0. The Balaban J connectivity index is 1.02. The highest BCUT2D eigenvalue weighted by Crippen LogP contribution is 2.38. The third-order valence-corrected chi connectivity index (χ3v) is 11.0. The Morgan fingerprint density at radius 1 is 0.527 bits per heavy atom. The molecule has 0 saturated heterocycles. The van der Waals surface area contributed by atoms with E-state index in [2.05, 4.69) is 192 Å². The zero-order valence-corrected chi connectivity index (χ0v) is 30.4. The number of para-hydroxylation sites is 1. The number of benzene rings is 8. The average Bonchev–Trinajstić information content (AvgIpc) is 3.78. The largest absolute Gasteiger partial charge is 0.309 e. The molecule has 0 fully saturated rings. The zero-order valence-electron chi connectivity index (χ0n) is 30.4. The molecule has 0 unspecified atom stereocenters. The smallest absolute Gasteiger partial charge is 0.0751 e. The molecule has 9 aromatic rings. The fraction of sp³-hybridized carbons (Fsp3) is 0.0385. The van der Waals surface area contributed by atoms with Gasteiger partial charge in [-0.3, -0.25) is 9.98 Å². The number of hydrogen-bond donors (Lipinski definition) is 0. The van der Waals surface area contributed by atoms with Gasteiger partial charge in [0.15, 0.2) is 0 Å². The number of aliphatic imine (C=N–C) groups is 2. The van der Waals surface area contributed by atoms with Gasteiger partial charge in [-0.25, -0.2) is 0 Å². The van der Waals surface area contributed by atoms with Crippen LogP contribution < -0.4 is 0 Å². The van der Waals surface area contributed by atoms with Crippen LogP contribution in [0.1, 0.15) is 22.3 Å². The Morgan fingerprint density at radius 3 is 1.98 bits per heavy atom. The van der Waals surface area contributed by atoms with E-state index in [1.807, 2.05) is 12.1 Å². The molecule has 55 heavy (non-hydrogen) atoms. The molecule has 0 radical (unpaired) electrons. The topological polar surface area (TPSA) is 29.6 Å². The lowest BCUT2D eigenvalue weighted by Crippen LogP contribution is -2.03. The third-order valence-electron chi connectivity index (χ3n) is 11.0. The first-order valence-electron chi connectivity index (χ1n) is 18.8. The van der Waals surface area contributed by atoms with Crippen LogP contribution in [0, 0.1) is 0 Å². The molecule has 1 aliphatic rings. The SMILES string of the molecule is C=N/C(=C1/Cc2cc(-c3ccc4cc(-n5c6ccccc6c6cc(-c7ccccc7)ccc65)ccc4c3)ccc2C1=NCc1ccccc1)c1ccccc1. The monoisotopic (exact) mass is 703 g/mol. The predicted octanol–water partition coefficient (Wildman–Crippen LogP) is 12.9. The molecule has 0 spiro atoms. The van der Waals surface area contributed by atoms with Crippen molar-refractivity contribution in [2.24, 2.45) is 9.98 Å². The van der Waals surface area contributed by atoms with Crippen molar-refractivity contribution >= 4 is 50.7 Å². The minimum Gasteiger partial charge on any atom is -0.309 e. The Bertz CT molecular complexity index is 2970. The molecule has 0 aliphatic heterocycles. The molecule has 3 nitrogen and oxygen atoms in total. The van der Waals surface area contributed by atoms with Gasteiger partial charge in [0.1, 0.15) is 0 Å². The molecule has 1 heterocycles. The van der Waals surface area contributed by atoms with Crippen LogP contribution in [0.5, 0.6) is 0 Å². The van der Waals surface area contributed by atoms with E-state index in [1.165, 1.54) is 71.5 Å². The molecule has 10 rings (SSSR count). The van der Waals surface area contributed by atoms with Gasteiger partial charge < -0.3 is 4.57 Å². The molecule has 0 amide bonds. The summed E-state index contributed by atoms with van der Waals surface area (Å²) >= 11 is 0. The summed E-state index contributed by atoms with van der Waals surface area (Å²) in [7, 11) is 0. The van der Waals surface area contributed by atoms with Crippen molar-refractivity contribution in [2.75, 3.05) is 0 Å². The molecule has 0 N–H and O–H groups in total. The normalized spacial score (nSPS) is 14.1. The van der Waals surface area contributed by atoms with Crippen molar-refractivity contribution in [3.05, 3.63) is 216 Å². The lowest BCUT2D eigenvalue weighted by Gasteiger charge is -2.11. The minimum atomic E-state index is 0.607. The Hall–Kier alpha value is -7.10. The summed E-state index contributed by atoms with van der Waals surface area (Å²) in [4.78, 5) is 9.77. The molecule has 3 heteroatoms. The molecule has 0 atom stereocenters. The van der Waals surface area contributed by atoms with Gasteiger partial charge in [-0.2, -0.15) is 0 Å². The second-order valence-corrected chi connectivity index (χ2v) is 14.2. The van der Waals surface area contributed by atoms with Gasteiger partial charge in [-0.05, 0) is 87.3 Å². The van der Waals surface area contributed by atoms with Crippen LogP contribution in [0.2, 0.25) is 0 Å². The first-order valence-corrected chi connectivity index (χ1v) is 18.8. The van der Waals surface area contributed by atoms with Gasteiger partial charge in [-0.1, -0.05) is 152 Å². The van der Waals surface area contributed by atoms with Crippen molar-refractivity contribution < 1.29 is 0 Å². The predicted molar refractivity (Wildman–Crippen MR) is 232 cm³/mol. The van der Waals surface area contributed by atoms with Crippen LogP contribution in [0.15, 0.2) is 204 Å². The molecule has 8 aromatic carbocycles. The highest BCUT2D eigenvalue weighted by Gasteiger charge is 2.27. The van der Waals surface area contributed by atoms with Crippen LogP contribution in [0.3, 0.4) is 0 Å². The average molecular weight is 704 g/mol. The number of aromatic nitrogens is 1. The standard InChI is InChI=1S/C52H37N3/c1-53-51(37-17-9-4-10-18-37)48-33-43-30-40(24-27-45(43)52(48)54-34-35-13-5-2-6-14-35)38-21-22-41-31-44(26-23-39(41)29-38)55-49-20-12-11-19-46(49)47-32-42(25-28-50(47)55)36-15-7-3-8-16-36/h2-32H,1,33-34H2/b51-48-,54-52?. The maximum Gasteiger partial charge on any atom is 0.0751 e. The van der Waals surface area contributed by atoms with E-state index in [-0.39, 0.29) is 0 Å².